The molecule has 1 saturated heterocycles. The van der Waals surface area contributed by atoms with Crippen molar-refractivity contribution < 1.29 is 14.0 Å². The number of piperazine rings is 1. The monoisotopic (exact) mass is 529 g/mol. The van der Waals surface area contributed by atoms with Gasteiger partial charge in [0.15, 0.2) is 11.4 Å². The number of nitrogens with zero attached hydrogens (tertiary/aromatic N) is 8. The second-order valence-electron chi connectivity index (χ2n) is 10.3. The first kappa shape index (κ1) is 25.1. The molecule has 1 unspecified atom stereocenters. The molecule has 1 N–H and O–H groups in total. The zero-order chi connectivity index (χ0) is 26.9. The van der Waals surface area contributed by atoms with Crippen molar-refractivity contribution in [3.8, 4) is 11.5 Å². The molecule has 1 aliphatic heterocycles. The molecular formula is C27H31N9O3. The minimum Gasteiger partial charge on any atom is -0.436 e. The summed E-state index contributed by atoms with van der Waals surface area (Å²) in [6.45, 7) is 4.14. The second-order valence-corrected chi connectivity index (χ2v) is 10.3. The Kier molecular flexibility index (Phi) is 6.77. The van der Waals surface area contributed by atoms with Gasteiger partial charge in [-0.3, -0.25) is 19.5 Å². The predicted molar refractivity (Wildman–Crippen MR) is 143 cm³/mol. The molecule has 4 aromatic rings. The van der Waals surface area contributed by atoms with Gasteiger partial charge in [0.25, 0.3) is 5.91 Å². The minimum atomic E-state index is -0.157. The average Bonchev–Trinajstić information content (AvgIpc) is 3.70. The molecule has 1 aliphatic carbocycles. The average molecular weight is 530 g/mol. The molecule has 202 valence electrons. The molecule has 12 nitrogen and oxygen atoms in total. The minimum absolute atomic E-state index is 0.115. The fourth-order valence-electron chi connectivity index (χ4n) is 5.74. The molecule has 1 atom stereocenters. The molecule has 6 rings (SSSR count). The van der Waals surface area contributed by atoms with Gasteiger partial charge in [0.05, 0.1) is 13.1 Å². The van der Waals surface area contributed by atoms with Gasteiger partial charge in [-0.25, -0.2) is 4.98 Å². The Labute approximate surface area is 225 Å². The molecule has 2 aliphatic rings. The van der Waals surface area contributed by atoms with Crippen LogP contribution in [0.1, 0.15) is 55.0 Å². The maximum absolute atomic E-state index is 13.4. The van der Waals surface area contributed by atoms with E-state index in [2.05, 4.69) is 35.6 Å². The van der Waals surface area contributed by atoms with Crippen LogP contribution in [-0.2, 0) is 11.8 Å². The van der Waals surface area contributed by atoms with E-state index in [9.17, 15) is 9.59 Å². The number of hydrogen-bond acceptors (Lipinski definition) is 9. The van der Waals surface area contributed by atoms with Crippen molar-refractivity contribution >= 4 is 28.6 Å². The van der Waals surface area contributed by atoms with Crippen molar-refractivity contribution in [1.29, 1.82) is 0 Å². The molecule has 0 radical (unpaired) electrons. The van der Waals surface area contributed by atoms with E-state index in [0.29, 0.717) is 52.9 Å². The molecule has 39 heavy (non-hydrogen) atoms. The number of amides is 2. The highest BCUT2D eigenvalue weighted by atomic mass is 16.3. The van der Waals surface area contributed by atoms with Gasteiger partial charge in [0, 0.05) is 50.6 Å². The zero-order valence-corrected chi connectivity index (χ0v) is 22.1. The third kappa shape index (κ3) is 5.24. The first-order valence-electron chi connectivity index (χ1n) is 13.4. The predicted octanol–water partition coefficient (Wildman–Crippen LogP) is 3.06. The smallest absolute Gasteiger partial charge is 0.272 e. The lowest BCUT2D eigenvalue weighted by atomic mass is 9.95. The van der Waals surface area contributed by atoms with E-state index >= 15 is 0 Å². The third-order valence-corrected chi connectivity index (χ3v) is 7.56. The van der Waals surface area contributed by atoms with Crippen molar-refractivity contribution in [2.75, 3.05) is 31.5 Å². The van der Waals surface area contributed by atoms with E-state index in [1.165, 1.54) is 37.4 Å². The van der Waals surface area contributed by atoms with Crippen LogP contribution < -0.4 is 5.32 Å². The summed E-state index contributed by atoms with van der Waals surface area (Å²) in [5.41, 5.74) is 2.87. The van der Waals surface area contributed by atoms with Crippen molar-refractivity contribution in [3.05, 3.63) is 48.0 Å². The lowest BCUT2D eigenvalue weighted by Gasteiger charge is -2.40. The lowest BCUT2D eigenvalue weighted by molar-refractivity contribution is -0.114. The Morgan fingerprint density at radius 1 is 1.08 bits per heavy atom. The standard InChI is InChI=1S/C27H31N9O3/c1-17(37)29-20-7-8-23-21(16-20)30-26(39-23)19-9-10-28-22(15-19)27(38)36-13-11-35(12-14-36)24(18-5-3-4-6-18)25-31-33-34(2)32-25/h7-10,15-16,18,24H,3-6,11-14H2,1-2H3,(H,29,37). The number of hydrogen-bond donors (Lipinski definition) is 1. The molecule has 2 amide bonds. The van der Waals surface area contributed by atoms with Gasteiger partial charge in [-0.05, 0) is 54.3 Å². The Morgan fingerprint density at radius 2 is 1.87 bits per heavy atom. The van der Waals surface area contributed by atoms with Gasteiger partial charge in [0.2, 0.25) is 11.8 Å². The van der Waals surface area contributed by atoms with Gasteiger partial charge >= 0.3 is 0 Å². The summed E-state index contributed by atoms with van der Waals surface area (Å²) in [7, 11) is 1.80. The summed E-state index contributed by atoms with van der Waals surface area (Å²) >= 11 is 0. The van der Waals surface area contributed by atoms with Crippen LogP contribution >= 0.6 is 0 Å². The van der Waals surface area contributed by atoms with E-state index in [-0.39, 0.29) is 17.9 Å². The van der Waals surface area contributed by atoms with Gasteiger partial charge in [-0.1, -0.05) is 12.8 Å². The van der Waals surface area contributed by atoms with Crippen LogP contribution in [0.4, 0.5) is 5.69 Å². The number of carbonyl (C=O) groups excluding carboxylic acids is 2. The van der Waals surface area contributed by atoms with E-state index < -0.39 is 0 Å². The summed E-state index contributed by atoms with van der Waals surface area (Å²) < 4.78 is 5.93. The van der Waals surface area contributed by atoms with Crippen LogP contribution in [0.25, 0.3) is 22.6 Å². The number of rotatable bonds is 6. The number of oxazole rings is 1. The quantitative estimate of drug-likeness (QED) is 0.400. The van der Waals surface area contributed by atoms with Gasteiger partial charge in [0.1, 0.15) is 11.2 Å². The van der Waals surface area contributed by atoms with Crippen molar-refractivity contribution in [2.45, 2.75) is 38.6 Å². The number of nitrogens with one attached hydrogen (secondary N) is 1. The summed E-state index contributed by atoms with van der Waals surface area (Å²) in [6, 6.07) is 8.90. The first-order valence-corrected chi connectivity index (χ1v) is 13.4. The Hall–Kier alpha value is -4.19. The zero-order valence-electron chi connectivity index (χ0n) is 22.1. The summed E-state index contributed by atoms with van der Waals surface area (Å²) in [5, 5.41) is 15.7. The molecule has 1 saturated carbocycles. The fourth-order valence-corrected chi connectivity index (χ4v) is 5.74. The number of fused-ring (bicyclic) bond motifs is 1. The normalized spacial score (nSPS) is 17.5. The number of aryl methyl sites for hydroxylation is 1. The van der Waals surface area contributed by atoms with Crippen LogP contribution in [-0.4, -0.2) is 78.0 Å². The third-order valence-electron chi connectivity index (χ3n) is 7.56. The van der Waals surface area contributed by atoms with Crippen LogP contribution in [0.3, 0.4) is 0 Å². The second kappa shape index (κ2) is 10.5. The molecular weight excluding hydrogens is 498 g/mol. The Morgan fingerprint density at radius 3 is 2.59 bits per heavy atom. The highest BCUT2D eigenvalue weighted by molar-refractivity contribution is 5.94. The molecule has 1 aromatic carbocycles. The van der Waals surface area contributed by atoms with Crippen molar-refractivity contribution in [3.63, 3.8) is 0 Å². The molecule has 0 bridgehead atoms. The number of pyridine rings is 1. The van der Waals surface area contributed by atoms with E-state index in [1.807, 2.05) is 4.90 Å². The van der Waals surface area contributed by atoms with Crippen molar-refractivity contribution in [2.24, 2.45) is 13.0 Å². The Balaban J connectivity index is 1.16. The van der Waals surface area contributed by atoms with Gasteiger partial charge < -0.3 is 14.6 Å². The first-order chi connectivity index (χ1) is 18.9. The highest BCUT2D eigenvalue weighted by Crippen LogP contribution is 2.38. The lowest BCUT2D eigenvalue weighted by Crippen LogP contribution is -2.51. The molecule has 0 spiro atoms. The maximum Gasteiger partial charge on any atom is 0.272 e. The van der Waals surface area contributed by atoms with Crippen LogP contribution in [0.5, 0.6) is 0 Å². The van der Waals surface area contributed by atoms with E-state index in [4.69, 9.17) is 4.42 Å². The van der Waals surface area contributed by atoms with E-state index in [0.717, 1.165) is 18.9 Å². The van der Waals surface area contributed by atoms with Crippen LogP contribution in [0.15, 0.2) is 40.9 Å². The van der Waals surface area contributed by atoms with Crippen LogP contribution in [0.2, 0.25) is 0 Å². The molecule has 3 aromatic heterocycles. The number of tetrazole rings is 1. The van der Waals surface area contributed by atoms with E-state index in [1.54, 1.807) is 43.6 Å². The number of anilines is 1. The van der Waals surface area contributed by atoms with Crippen molar-refractivity contribution in [1.82, 2.24) is 40.0 Å². The summed E-state index contributed by atoms with van der Waals surface area (Å²) in [6.07, 6.45) is 6.41. The maximum atomic E-state index is 13.4. The number of benzene rings is 1. The molecule has 4 heterocycles. The van der Waals surface area contributed by atoms with Gasteiger partial charge in [-0.15, -0.1) is 10.2 Å². The number of aromatic nitrogens is 6. The Bertz CT molecular complexity index is 1500. The summed E-state index contributed by atoms with van der Waals surface area (Å²) in [5.74, 6) is 1.41. The SMILES string of the molecule is CC(=O)Nc1ccc2oc(-c3ccnc(C(=O)N4CCN(C(c5nnn(C)n5)C5CCCC5)CC4)c3)nc2c1. The van der Waals surface area contributed by atoms with Crippen LogP contribution in [0, 0.1) is 5.92 Å². The van der Waals surface area contributed by atoms with Gasteiger partial charge in [-0.2, -0.15) is 4.80 Å². The fraction of sp³-hybridized carbons (Fsp3) is 0.444. The molecule has 2 fully saturated rings. The summed E-state index contributed by atoms with van der Waals surface area (Å²) in [4.78, 5) is 39.5. The topological polar surface area (TPSA) is 135 Å². The molecule has 12 heteroatoms. The number of carbonyl (C=O) groups is 2. The highest BCUT2D eigenvalue weighted by Gasteiger charge is 2.36. The largest absolute Gasteiger partial charge is 0.436 e.